The summed E-state index contributed by atoms with van der Waals surface area (Å²) in [6, 6.07) is 7.46. The second-order valence-electron chi connectivity index (χ2n) is 4.38. The van der Waals surface area contributed by atoms with Gasteiger partial charge in [-0.15, -0.1) is 0 Å². The van der Waals surface area contributed by atoms with Gasteiger partial charge in [-0.25, -0.2) is 0 Å². The third kappa shape index (κ3) is 4.18. The van der Waals surface area contributed by atoms with E-state index in [9.17, 15) is 0 Å². The largest absolute Gasteiger partial charge is 0.327 e. The lowest BCUT2D eigenvalue weighted by molar-refractivity contribution is 0.663. The van der Waals surface area contributed by atoms with E-state index in [1.54, 1.807) is 6.20 Å². The van der Waals surface area contributed by atoms with Gasteiger partial charge in [0.2, 0.25) is 0 Å². The molecular formula is C14H13BrCl2N2. The highest BCUT2D eigenvalue weighted by atomic mass is 79.9. The fourth-order valence-electron chi connectivity index (χ4n) is 1.93. The molecule has 5 heteroatoms. The average molecular weight is 360 g/mol. The zero-order valence-corrected chi connectivity index (χ0v) is 13.2. The lowest BCUT2D eigenvalue weighted by atomic mass is 10.0. The van der Waals surface area contributed by atoms with Crippen LogP contribution in [0.3, 0.4) is 0 Å². The third-order valence-corrected chi connectivity index (χ3v) is 3.93. The summed E-state index contributed by atoms with van der Waals surface area (Å²) in [7, 11) is 0. The zero-order chi connectivity index (χ0) is 13.8. The van der Waals surface area contributed by atoms with Crippen molar-refractivity contribution in [2.45, 2.75) is 18.9 Å². The average Bonchev–Trinajstić information content (AvgIpc) is 2.34. The molecule has 0 amide bonds. The van der Waals surface area contributed by atoms with Crippen molar-refractivity contribution in [3.63, 3.8) is 0 Å². The van der Waals surface area contributed by atoms with Crippen LogP contribution in [0.25, 0.3) is 0 Å². The van der Waals surface area contributed by atoms with Crippen LogP contribution in [0.4, 0.5) is 0 Å². The summed E-state index contributed by atoms with van der Waals surface area (Å²) in [6.45, 7) is 0. The van der Waals surface area contributed by atoms with Crippen LogP contribution >= 0.6 is 39.1 Å². The molecule has 0 saturated heterocycles. The van der Waals surface area contributed by atoms with Gasteiger partial charge < -0.3 is 5.73 Å². The summed E-state index contributed by atoms with van der Waals surface area (Å²) in [5.74, 6) is 0. The van der Waals surface area contributed by atoms with Crippen molar-refractivity contribution >= 4 is 39.1 Å². The first kappa shape index (κ1) is 14.8. The van der Waals surface area contributed by atoms with E-state index in [2.05, 4.69) is 20.9 Å². The molecule has 0 saturated carbocycles. The number of pyridine rings is 1. The van der Waals surface area contributed by atoms with Crippen LogP contribution < -0.4 is 5.73 Å². The highest BCUT2D eigenvalue weighted by Gasteiger charge is 2.11. The Morgan fingerprint density at radius 2 is 1.84 bits per heavy atom. The molecule has 2 rings (SSSR count). The molecule has 0 bridgehead atoms. The van der Waals surface area contributed by atoms with Gasteiger partial charge in [-0.2, -0.15) is 0 Å². The molecule has 1 atom stereocenters. The van der Waals surface area contributed by atoms with E-state index in [0.29, 0.717) is 16.5 Å². The number of hydrogen-bond acceptors (Lipinski definition) is 2. The van der Waals surface area contributed by atoms with Gasteiger partial charge in [-0.3, -0.25) is 4.98 Å². The topological polar surface area (TPSA) is 38.9 Å². The van der Waals surface area contributed by atoms with Crippen LogP contribution in [0.1, 0.15) is 11.1 Å². The van der Waals surface area contributed by atoms with Crippen LogP contribution in [0, 0.1) is 0 Å². The lowest BCUT2D eigenvalue weighted by Gasteiger charge is -2.14. The Kier molecular flexibility index (Phi) is 5.22. The van der Waals surface area contributed by atoms with Gasteiger partial charge in [0.05, 0.1) is 0 Å². The summed E-state index contributed by atoms with van der Waals surface area (Å²) in [5.41, 5.74) is 8.16. The highest BCUT2D eigenvalue weighted by Crippen LogP contribution is 2.25. The molecule has 19 heavy (non-hydrogen) atoms. The van der Waals surface area contributed by atoms with Gasteiger partial charge in [0.25, 0.3) is 0 Å². The van der Waals surface area contributed by atoms with Gasteiger partial charge in [0.1, 0.15) is 0 Å². The summed E-state index contributed by atoms with van der Waals surface area (Å²) in [6.07, 6.45) is 4.94. The zero-order valence-electron chi connectivity index (χ0n) is 10.1. The van der Waals surface area contributed by atoms with Crippen LogP contribution in [0.2, 0.25) is 10.0 Å². The van der Waals surface area contributed by atoms with Crippen LogP contribution in [0.5, 0.6) is 0 Å². The Labute approximate surface area is 131 Å². The second kappa shape index (κ2) is 6.71. The SMILES string of the molecule is NC(Cc1cncc(Br)c1)Cc1c(Cl)cccc1Cl. The minimum atomic E-state index is -0.0477. The van der Waals surface area contributed by atoms with Crippen LogP contribution in [0.15, 0.2) is 41.1 Å². The molecule has 0 aliphatic heterocycles. The van der Waals surface area contributed by atoms with E-state index in [4.69, 9.17) is 28.9 Å². The molecule has 1 heterocycles. The van der Waals surface area contributed by atoms with Gasteiger partial charge in [-0.05, 0) is 58.1 Å². The number of aromatic nitrogens is 1. The molecule has 100 valence electrons. The Balaban J connectivity index is 2.07. The van der Waals surface area contributed by atoms with Crippen molar-refractivity contribution in [1.82, 2.24) is 4.98 Å². The van der Waals surface area contributed by atoms with E-state index in [0.717, 1.165) is 22.0 Å². The molecule has 0 spiro atoms. The maximum atomic E-state index is 6.17. The van der Waals surface area contributed by atoms with Crippen molar-refractivity contribution in [2.24, 2.45) is 5.73 Å². The maximum absolute atomic E-state index is 6.17. The Morgan fingerprint density at radius 1 is 1.16 bits per heavy atom. The van der Waals surface area contributed by atoms with E-state index >= 15 is 0 Å². The summed E-state index contributed by atoms with van der Waals surface area (Å²) < 4.78 is 0.952. The van der Waals surface area contributed by atoms with Crippen molar-refractivity contribution < 1.29 is 0 Å². The third-order valence-electron chi connectivity index (χ3n) is 2.79. The number of rotatable bonds is 4. The standard InChI is InChI=1S/C14H13BrCl2N2/c15-10-4-9(7-19-8-10)5-11(18)6-12-13(16)2-1-3-14(12)17/h1-4,7-8,11H,5-6,18H2. The number of benzene rings is 1. The smallest absolute Gasteiger partial charge is 0.0453 e. The summed E-state index contributed by atoms with van der Waals surface area (Å²) in [4.78, 5) is 4.12. The minimum Gasteiger partial charge on any atom is -0.327 e. The maximum Gasteiger partial charge on any atom is 0.0453 e. The summed E-state index contributed by atoms with van der Waals surface area (Å²) in [5, 5.41) is 1.32. The van der Waals surface area contributed by atoms with Gasteiger partial charge in [0.15, 0.2) is 0 Å². The Bertz CT molecular complexity index is 555. The molecule has 1 unspecified atom stereocenters. The molecule has 0 fully saturated rings. The van der Waals surface area contributed by atoms with Crippen molar-refractivity contribution in [3.8, 4) is 0 Å². The molecule has 0 aliphatic rings. The van der Waals surface area contributed by atoms with Crippen molar-refractivity contribution in [2.75, 3.05) is 0 Å². The molecule has 0 aliphatic carbocycles. The summed E-state index contributed by atoms with van der Waals surface area (Å²) >= 11 is 15.7. The van der Waals surface area contributed by atoms with E-state index in [1.807, 2.05) is 30.5 Å². The number of halogens is 3. The number of nitrogens with zero attached hydrogens (tertiary/aromatic N) is 1. The van der Waals surface area contributed by atoms with Gasteiger partial charge in [-0.1, -0.05) is 29.3 Å². The molecule has 2 nitrogen and oxygen atoms in total. The van der Waals surface area contributed by atoms with E-state index in [1.165, 1.54) is 0 Å². The minimum absolute atomic E-state index is 0.0477. The van der Waals surface area contributed by atoms with Crippen LogP contribution in [-0.4, -0.2) is 11.0 Å². The van der Waals surface area contributed by atoms with Crippen molar-refractivity contribution in [1.29, 1.82) is 0 Å². The highest BCUT2D eigenvalue weighted by molar-refractivity contribution is 9.10. The van der Waals surface area contributed by atoms with Crippen molar-refractivity contribution in [3.05, 3.63) is 62.3 Å². The first-order chi connectivity index (χ1) is 9.06. The lowest BCUT2D eigenvalue weighted by Crippen LogP contribution is -2.25. The normalized spacial score (nSPS) is 12.4. The van der Waals surface area contributed by atoms with Gasteiger partial charge >= 0.3 is 0 Å². The first-order valence-corrected chi connectivity index (χ1v) is 7.39. The fourth-order valence-corrected chi connectivity index (χ4v) is 2.90. The molecule has 2 aromatic rings. The molecule has 1 aromatic heterocycles. The Hall–Kier alpha value is -0.610. The Morgan fingerprint density at radius 3 is 2.47 bits per heavy atom. The predicted molar refractivity (Wildman–Crippen MR) is 83.8 cm³/mol. The second-order valence-corrected chi connectivity index (χ2v) is 6.11. The molecule has 1 aromatic carbocycles. The monoisotopic (exact) mass is 358 g/mol. The molecule has 0 radical (unpaired) electrons. The quantitative estimate of drug-likeness (QED) is 0.885. The van der Waals surface area contributed by atoms with Gasteiger partial charge in [0, 0.05) is 33.0 Å². The molecular weight excluding hydrogens is 347 g/mol. The predicted octanol–water partition coefficient (Wildman–Crippen LogP) is 4.26. The van der Waals surface area contributed by atoms with Crippen LogP contribution in [-0.2, 0) is 12.8 Å². The van der Waals surface area contributed by atoms with E-state index in [-0.39, 0.29) is 6.04 Å². The van der Waals surface area contributed by atoms with E-state index < -0.39 is 0 Å². The molecule has 2 N–H and O–H groups in total. The first-order valence-electron chi connectivity index (χ1n) is 5.84. The number of nitrogens with two attached hydrogens (primary N) is 1. The number of hydrogen-bond donors (Lipinski definition) is 1. The fraction of sp³-hybridized carbons (Fsp3) is 0.214.